The summed E-state index contributed by atoms with van der Waals surface area (Å²) < 4.78 is 0. The zero-order valence-electron chi connectivity index (χ0n) is 11.0. The van der Waals surface area contributed by atoms with E-state index in [1.807, 2.05) is 26.8 Å². The van der Waals surface area contributed by atoms with E-state index in [1.165, 1.54) is 11.1 Å². The van der Waals surface area contributed by atoms with Gasteiger partial charge in [0.05, 0.1) is 0 Å². The largest absolute Gasteiger partial charge is 0.106 e. The second-order valence-corrected chi connectivity index (χ2v) is 2.61. The summed E-state index contributed by atoms with van der Waals surface area (Å²) in [6.45, 7) is 14.1. The Bertz CT molecular complexity index is 291. The van der Waals surface area contributed by atoms with Crippen molar-refractivity contribution in [1.82, 2.24) is 0 Å². The van der Waals surface area contributed by atoms with E-state index in [-0.39, 0.29) is 0 Å². The van der Waals surface area contributed by atoms with Crippen molar-refractivity contribution in [2.45, 2.75) is 27.7 Å². The summed E-state index contributed by atoms with van der Waals surface area (Å²) in [5.74, 6) is 0. The van der Waals surface area contributed by atoms with Gasteiger partial charge in [-0.15, -0.1) is 13.2 Å². The van der Waals surface area contributed by atoms with Crippen molar-refractivity contribution in [1.29, 1.82) is 0 Å². The van der Waals surface area contributed by atoms with Crippen LogP contribution in [0.4, 0.5) is 0 Å². The predicted molar refractivity (Wildman–Crippen MR) is 77.5 cm³/mol. The van der Waals surface area contributed by atoms with Crippen molar-refractivity contribution in [3.63, 3.8) is 0 Å². The lowest BCUT2D eigenvalue weighted by Gasteiger charge is -1.99. The molecule has 0 aliphatic carbocycles. The Kier molecular flexibility index (Phi) is 14.2. The van der Waals surface area contributed by atoms with Crippen LogP contribution in [-0.4, -0.2) is 0 Å². The van der Waals surface area contributed by atoms with E-state index >= 15 is 0 Å². The molecule has 88 valence electrons. The number of allylic oxidation sites excluding steroid dienone is 4. The molecule has 0 bridgehead atoms. The fraction of sp³-hybridized carbons (Fsp3) is 0.250. The lowest BCUT2D eigenvalue weighted by molar-refractivity contribution is 1.50. The molecule has 1 rings (SSSR count). The minimum absolute atomic E-state index is 1.28. The van der Waals surface area contributed by atoms with Gasteiger partial charge in [-0.2, -0.15) is 0 Å². The van der Waals surface area contributed by atoms with Gasteiger partial charge in [-0.05, 0) is 25.0 Å². The van der Waals surface area contributed by atoms with Crippen LogP contribution >= 0.6 is 0 Å². The standard InChI is InChI=1S/C12H14.C2H6.C2H4/c1-3-8-11(4-2)12-9-6-5-7-10-12;2*1-2/h3-10H,1-2H3;1-2H3;1-2H2/b8-3-,11-4+;;. The maximum absolute atomic E-state index is 3.00. The van der Waals surface area contributed by atoms with Gasteiger partial charge in [0, 0.05) is 0 Å². The first kappa shape index (κ1) is 16.9. The number of rotatable bonds is 2. The zero-order chi connectivity index (χ0) is 12.8. The predicted octanol–water partition coefficient (Wildman–Crippen LogP) is 5.49. The van der Waals surface area contributed by atoms with E-state index in [4.69, 9.17) is 0 Å². The molecule has 0 unspecified atom stereocenters. The monoisotopic (exact) mass is 216 g/mol. The second kappa shape index (κ2) is 13.4. The molecule has 0 heteroatoms. The Labute approximate surface area is 101 Å². The van der Waals surface area contributed by atoms with E-state index in [0.717, 1.165) is 0 Å². The summed E-state index contributed by atoms with van der Waals surface area (Å²) in [4.78, 5) is 0. The van der Waals surface area contributed by atoms with Gasteiger partial charge in [-0.3, -0.25) is 0 Å². The van der Waals surface area contributed by atoms with Crippen LogP contribution < -0.4 is 0 Å². The van der Waals surface area contributed by atoms with Gasteiger partial charge >= 0.3 is 0 Å². The van der Waals surface area contributed by atoms with Crippen LogP contribution in [-0.2, 0) is 0 Å². The molecule has 0 heterocycles. The minimum Gasteiger partial charge on any atom is -0.106 e. The van der Waals surface area contributed by atoms with Crippen molar-refractivity contribution in [3.05, 3.63) is 67.3 Å². The molecule has 0 radical (unpaired) electrons. The second-order valence-electron chi connectivity index (χ2n) is 2.61. The summed E-state index contributed by atoms with van der Waals surface area (Å²) >= 11 is 0. The Hall–Kier alpha value is -1.56. The Balaban J connectivity index is 0. The molecule has 0 saturated heterocycles. The van der Waals surface area contributed by atoms with E-state index in [2.05, 4.69) is 62.6 Å². The summed E-state index contributed by atoms with van der Waals surface area (Å²) in [6.07, 6.45) is 6.30. The van der Waals surface area contributed by atoms with Gasteiger partial charge in [-0.1, -0.05) is 62.4 Å². The van der Waals surface area contributed by atoms with E-state index in [1.54, 1.807) is 0 Å². The molecule has 0 atom stereocenters. The van der Waals surface area contributed by atoms with Gasteiger partial charge in [0.25, 0.3) is 0 Å². The van der Waals surface area contributed by atoms with Crippen LogP contribution in [0.1, 0.15) is 33.3 Å². The maximum Gasteiger partial charge on any atom is -0.0187 e. The molecule has 0 aliphatic heterocycles. The van der Waals surface area contributed by atoms with Crippen LogP contribution in [0.15, 0.2) is 61.7 Å². The van der Waals surface area contributed by atoms with Crippen LogP contribution in [0.25, 0.3) is 5.57 Å². The van der Waals surface area contributed by atoms with E-state index < -0.39 is 0 Å². The van der Waals surface area contributed by atoms with Crippen LogP contribution in [0.3, 0.4) is 0 Å². The Morgan fingerprint density at radius 2 is 1.50 bits per heavy atom. The third kappa shape index (κ3) is 6.83. The molecule has 0 aromatic heterocycles. The highest BCUT2D eigenvalue weighted by Crippen LogP contribution is 2.14. The number of hydrogen-bond acceptors (Lipinski definition) is 0. The third-order valence-electron chi connectivity index (χ3n) is 1.76. The highest BCUT2D eigenvalue weighted by Gasteiger charge is 1.92. The molecule has 16 heavy (non-hydrogen) atoms. The normalized spacial score (nSPS) is 9.88. The topological polar surface area (TPSA) is 0 Å². The van der Waals surface area contributed by atoms with Crippen molar-refractivity contribution >= 4 is 5.57 Å². The first-order valence-corrected chi connectivity index (χ1v) is 5.73. The minimum atomic E-state index is 1.28. The maximum atomic E-state index is 3.00. The van der Waals surface area contributed by atoms with Gasteiger partial charge < -0.3 is 0 Å². The molecule has 0 spiro atoms. The third-order valence-corrected chi connectivity index (χ3v) is 1.76. The number of benzene rings is 1. The first-order chi connectivity index (χ1) is 7.88. The smallest absolute Gasteiger partial charge is 0.0187 e. The summed E-state index contributed by atoms with van der Waals surface area (Å²) in [6, 6.07) is 10.4. The van der Waals surface area contributed by atoms with Crippen LogP contribution in [0.2, 0.25) is 0 Å². The lowest BCUT2D eigenvalue weighted by atomic mass is 10.1. The summed E-state index contributed by atoms with van der Waals surface area (Å²) in [7, 11) is 0. The van der Waals surface area contributed by atoms with E-state index in [0.29, 0.717) is 0 Å². The van der Waals surface area contributed by atoms with Gasteiger partial charge in [0.1, 0.15) is 0 Å². The average Bonchev–Trinajstić information content (AvgIpc) is 2.41. The van der Waals surface area contributed by atoms with Crippen molar-refractivity contribution < 1.29 is 0 Å². The molecule has 0 nitrogen and oxygen atoms in total. The molecule has 1 aromatic rings. The fourth-order valence-electron chi connectivity index (χ4n) is 1.17. The molecular weight excluding hydrogens is 192 g/mol. The van der Waals surface area contributed by atoms with E-state index in [9.17, 15) is 0 Å². The summed E-state index contributed by atoms with van der Waals surface area (Å²) in [5, 5.41) is 0. The van der Waals surface area contributed by atoms with Crippen molar-refractivity contribution in [3.8, 4) is 0 Å². The average molecular weight is 216 g/mol. The SMILES string of the molecule is C/C=C\C(=C/C)c1ccccc1.C=C.CC. The Morgan fingerprint density at radius 3 is 1.88 bits per heavy atom. The van der Waals surface area contributed by atoms with Gasteiger partial charge in [0.15, 0.2) is 0 Å². The molecular formula is C16H24. The van der Waals surface area contributed by atoms with Crippen LogP contribution in [0, 0.1) is 0 Å². The van der Waals surface area contributed by atoms with Crippen molar-refractivity contribution in [2.75, 3.05) is 0 Å². The zero-order valence-corrected chi connectivity index (χ0v) is 11.0. The fourth-order valence-corrected chi connectivity index (χ4v) is 1.17. The van der Waals surface area contributed by atoms with Crippen molar-refractivity contribution in [2.24, 2.45) is 0 Å². The molecule has 0 aliphatic rings. The first-order valence-electron chi connectivity index (χ1n) is 5.73. The summed E-state index contributed by atoms with van der Waals surface area (Å²) in [5.41, 5.74) is 2.55. The Morgan fingerprint density at radius 1 is 1.00 bits per heavy atom. The van der Waals surface area contributed by atoms with Gasteiger partial charge in [-0.25, -0.2) is 0 Å². The lowest BCUT2D eigenvalue weighted by Crippen LogP contribution is -1.77. The molecule has 0 fully saturated rings. The quantitative estimate of drug-likeness (QED) is 0.452. The molecule has 0 N–H and O–H groups in total. The highest BCUT2D eigenvalue weighted by atomic mass is 14.0. The molecule has 0 saturated carbocycles. The number of hydrogen-bond donors (Lipinski definition) is 0. The molecule has 1 aromatic carbocycles. The van der Waals surface area contributed by atoms with Crippen LogP contribution in [0.5, 0.6) is 0 Å². The van der Waals surface area contributed by atoms with Gasteiger partial charge in [0.2, 0.25) is 0 Å². The highest BCUT2D eigenvalue weighted by molar-refractivity contribution is 5.73. The molecule has 0 amide bonds.